The summed E-state index contributed by atoms with van der Waals surface area (Å²) in [4.78, 5) is 0. The lowest BCUT2D eigenvalue weighted by Crippen LogP contribution is -2.30. The van der Waals surface area contributed by atoms with E-state index in [0.29, 0.717) is 6.42 Å². The van der Waals surface area contributed by atoms with Crippen molar-refractivity contribution in [3.05, 3.63) is 0 Å². The summed E-state index contributed by atoms with van der Waals surface area (Å²) in [5.41, 5.74) is -0.200. The third-order valence-electron chi connectivity index (χ3n) is 1.42. The average Bonchev–Trinajstić information content (AvgIpc) is 1.89. The normalized spacial score (nSPS) is 17.3. The van der Waals surface area contributed by atoms with Crippen molar-refractivity contribution in [3.63, 3.8) is 0 Å². The minimum absolute atomic E-state index is 0.177. The van der Waals surface area contributed by atoms with Crippen LogP contribution in [0.5, 0.6) is 0 Å². The van der Waals surface area contributed by atoms with Crippen molar-refractivity contribution < 1.29 is 9.84 Å². The van der Waals surface area contributed by atoms with Crippen molar-refractivity contribution in [1.82, 2.24) is 0 Å². The van der Waals surface area contributed by atoms with Crippen LogP contribution in [0.2, 0.25) is 0 Å². The molecule has 0 rings (SSSR count). The van der Waals surface area contributed by atoms with E-state index in [1.807, 2.05) is 6.92 Å². The van der Waals surface area contributed by atoms with E-state index in [0.717, 1.165) is 5.33 Å². The highest BCUT2D eigenvalue weighted by Crippen LogP contribution is 2.15. The molecule has 0 heterocycles. The number of alkyl halides is 1. The number of hydrogen-bond acceptors (Lipinski definition) is 2. The molecule has 0 saturated carbocycles. The SMILES string of the molecule is COC(C)(CBr)CCO. The van der Waals surface area contributed by atoms with Crippen molar-refractivity contribution >= 4 is 15.9 Å². The van der Waals surface area contributed by atoms with Crippen LogP contribution in [0.4, 0.5) is 0 Å². The van der Waals surface area contributed by atoms with Gasteiger partial charge in [-0.15, -0.1) is 0 Å². The molecule has 0 saturated heterocycles. The lowest BCUT2D eigenvalue weighted by Gasteiger charge is -2.24. The Kier molecular flexibility index (Phi) is 4.44. The van der Waals surface area contributed by atoms with Crippen LogP contribution >= 0.6 is 15.9 Å². The Morgan fingerprint density at radius 3 is 2.33 bits per heavy atom. The zero-order chi connectivity index (χ0) is 7.33. The number of halogens is 1. The fourth-order valence-electron chi connectivity index (χ4n) is 0.460. The van der Waals surface area contributed by atoms with Gasteiger partial charge < -0.3 is 9.84 Å². The summed E-state index contributed by atoms with van der Waals surface area (Å²) in [6.07, 6.45) is 0.675. The standard InChI is InChI=1S/C6H13BrO2/c1-6(5-7,9-2)3-4-8/h8H,3-5H2,1-2H3. The van der Waals surface area contributed by atoms with Gasteiger partial charge in [0.25, 0.3) is 0 Å². The number of hydrogen-bond donors (Lipinski definition) is 1. The molecule has 0 aromatic rings. The average molecular weight is 197 g/mol. The zero-order valence-corrected chi connectivity index (χ0v) is 7.44. The number of aliphatic hydroxyl groups is 1. The van der Waals surface area contributed by atoms with Crippen molar-refractivity contribution in [2.24, 2.45) is 0 Å². The van der Waals surface area contributed by atoms with Crippen LogP contribution in [0, 0.1) is 0 Å². The van der Waals surface area contributed by atoms with Crippen LogP contribution in [-0.4, -0.2) is 29.8 Å². The Balaban J connectivity index is 3.62. The van der Waals surface area contributed by atoms with E-state index >= 15 is 0 Å². The highest BCUT2D eigenvalue weighted by molar-refractivity contribution is 9.09. The molecule has 0 bridgehead atoms. The number of ether oxygens (including phenoxy) is 1. The molecular formula is C6H13BrO2. The largest absolute Gasteiger partial charge is 0.396 e. The molecule has 1 unspecified atom stereocenters. The van der Waals surface area contributed by atoms with Crippen LogP contribution < -0.4 is 0 Å². The molecule has 0 radical (unpaired) electrons. The molecule has 0 aliphatic heterocycles. The van der Waals surface area contributed by atoms with Gasteiger partial charge in [0.2, 0.25) is 0 Å². The minimum Gasteiger partial charge on any atom is -0.396 e. The smallest absolute Gasteiger partial charge is 0.0768 e. The van der Waals surface area contributed by atoms with Gasteiger partial charge in [-0.3, -0.25) is 0 Å². The first kappa shape index (κ1) is 9.40. The molecule has 1 N–H and O–H groups in total. The van der Waals surface area contributed by atoms with E-state index < -0.39 is 0 Å². The fraction of sp³-hybridized carbons (Fsp3) is 1.00. The summed E-state index contributed by atoms with van der Waals surface area (Å²) in [7, 11) is 1.65. The van der Waals surface area contributed by atoms with Crippen LogP contribution in [0.3, 0.4) is 0 Å². The lowest BCUT2D eigenvalue weighted by molar-refractivity contribution is 0.00797. The van der Waals surface area contributed by atoms with Gasteiger partial charge in [-0.1, -0.05) is 15.9 Å². The predicted octanol–water partition coefficient (Wildman–Crippen LogP) is 1.17. The summed E-state index contributed by atoms with van der Waals surface area (Å²) < 4.78 is 5.12. The van der Waals surface area contributed by atoms with Crippen molar-refractivity contribution in [2.45, 2.75) is 18.9 Å². The molecule has 0 aromatic heterocycles. The van der Waals surface area contributed by atoms with Crippen molar-refractivity contribution in [2.75, 3.05) is 19.0 Å². The van der Waals surface area contributed by atoms with Gasteiger partial charge in [0, 0.05) is 25.5 Å². The summed E-state index contributed by atoms with van der Waals surface area (Å²) >= 11 is 3.30. The van der Waals surface area contributed by atoms with E-state index in [4.69, 9.17) is 9.84 Å². The highest BCUT2D eigenvalue weighted by atomic mass is 79.9. The van der Waals surface area contributed by atoms with Crippen LogP contribution in [0.25, 0.3) is 0 Å². The molecule has 56 valence electrons. The van der Waals surface area contributed by atoms with Crippen LogP contribution in [0.15, 0.2) is 0 Å². The van der Waals surface area contributed by atoms with Gasteiger partial charge >= 0.3 is 0 Å². The van der Waals surface area contributed by atoms with E-state index in [1.165, 1.54) is 0 Å². The Bertz CT molecular complexity index is 71.5. The van der Waals surface area contributed by atoms with Crippen molar-refractivity contribution in [1.29, 1.82) is 0 Å². The Morgan fingerprint density at radius 2 is 2.22 bits per heavy atom. The highest BCUT2D eigenvalue weighted by Gasteiger charge is 2.20. The number of aliphatic hydroxyl groups excluding tert-OH is 1. The maximum absolute atomic E-state index is 8.56. The van der Waals surface area contributed by atoms with E-state index in [9.17, 15) is 0 Å². The molecule has 0 aliphatic rings. The fourth-order valence-corrected chi connectivity index (χ4v) is 0.969. The van der Waals surface area contributed by atoms with Crippen LogP contribution in [0.1, 0.15) is 13.3 Å². The molecule has 9 heavy (non-hydrogen) atoms. The number of methoxy groups -OCH3 is 1. The van der Waals surface area contributed by atoms with Gasteiger partial charge in [-0.05, 0) is 6.92 Å². The lowest BCUT2D eigenvalue weighted by atomic mass is 10.1. The first-order valence-electron chi connectivity index (χ1n) is 2.90. The second-order valence-corrected chi connectivity index (χ2v) is 2.82. The Labute approximate surface area is 64.3 Å². The van der Waals surface area contributed by atoms with E-state index in [-0.39, 0.29) is 12.2 Å². The van der Waals surface area contributed by atoms with Gasteiger partial charge in [-0.25, -0.2) is 0 Å². The first-order valence-corrected chi connectivity index (χ1v) is 4.02. The third kappa shape index (κ3) is 3.18. The second kappa shape index (κ2) is 4.25. The van der Waals surface area contributed by atoms with Gasteiger partial charge in [0.15, 0.2) is 0 Å². The minimum atomic E-state index is -0.200. The molecule has 1 atom stereocenters. The first-order chi connectivity index (χ1) is 4.18. The molecule has 0 spiro atoms. The molecule has 2 nitrogen and oxygen atoms in total. The molecule has 0 fully saturated rings. The maximum atomic E-state index is 8.56. The summed E-state index contributed by atoms with van der Waals surface area (Å²) in [6.45, 7) is 2.13. The van der Waals surface area contributed by atoms with Gasteiger partial charge in [0.1, 0.15) is 0 Å². The molecule has 3 heteroatoms. The second-order valence-electron chi connectivity index (χ2n) is 2.26. The van der Waals surface area contributed by atoms with Gasteiger partial charge in [-0.2, -0.15) is 0 Å². The molecule has 0 amide bonds. The Hall–Kier alpha value is 0.400. The van der Waals surface area contributed by atoms with Crippen molar-refractivity contribution in [3.8, 4) is 0 Å². The zero-order valence-electron chi connectivity index (χ0n) is 5.85. The third-order valence-corrected chi connectivity index (χ3v) is 2.60. The van der Waals surface area contributed by atoms with Gasteiger partial charge in [0.05, 0.1) is 5.60 Å². The number of rotatable bonds is 4. The molecule has 0 aliphatic carbocycles. The molecule has 0 aromatic carbocycles. The van der Waals surface area contributed by atoms with E-state index in [2.05, 4.69) is 15.9 Å². The maximum Gasteiger partial charge on any atom is 0.0768 e. The van der Waals surface area contributed by atoms with Crippen LogP contribution in [-0.2, 0) is 4.74 Å². The predicted molar refractivity (Wildman–Crippen MR) is 40.9 cm³/mol. The molecular weight excluding hydrogens is 184 g/mol. The topological polar surface area (TPSA) is 29.5 Å². The summed E-state index contributed by atoms with van der Waals surface area (Å²) in [5.74, 6) is 0. The summed E-state index contributed by atoms with van der Waals surface area (Å²) in [6, 6.07) is 0. The quantitative estimate of drug-likeness (QED) is 0.685. The monoisotopic (exact) mass is 196 g/mol. The van der Waals surface area contributed by atoms with E-state index in [1.54, 1.807) is 7.11 Å². The summed E-state index contributed by atoms with van der Waals surface area (Å²) in [5, 5.41) is 9.32. The Morgan fingerprint density at radius 1 is 1.67 bits per heavy atom.